The van der Waals surface area contributed by atoms with Crippen LogP contribution in [0, 0.1) is 23.1 Å². The first-order valence-corrected chi connectivity index (χ1v) is 11.9. The minimum atomic E-state index is -0.549. The lowest BCUT2D eigenvalue weighted by Gasteiger charge is -2.26. The molecular weight excluding hydrogens is 441 g/mol. The van der Waals surface area contributed by atoms with Gasteiger partial charge in [-0.25, -0.2) is 9.07 Å². The lowest BCUT2D eigenvalue weighted by atomic mass is 9.86. The minimum Gasteiger partial charge on any atom is -0.368 e. The molecule has 0 amide bonds. The van der Waals surface area contributed by atoms with E-state index in [9.17, 15) is 4.39 Å². The van der Waals surface area contributed by atoms with Gasteiger partial charge >= 0.3 is 0 Å². The Bertz CT molecular complexity index is 1380. The number of benzene rings is 2. The maximum absolute atomic E-state index is 14.5. The van der Waals surface area contributed by atoms with Crippen molar-refractivity contribution in [3.05, 3.63) is 72.3 Å². The number of aromatic nitrogens is 4. The predicted molar refractivity (Wildman–Crippen MR) is 134 cm³/mol. The van der Waals surface area contributed by atoms with E-state index in [1.807, 2.05) is 60.5 Å². The number of anilines is 1. The van der Waals surface area contributed by atoms with E-state index in [1.165, 1.54) is 12.1 Å². The van der Waals surface area contributed by atoms with Gasteiger partial charge in [-0.2, -0.15) is 10.4 Å². The molecular formula is C27H28FN7. The average molecular weight is 470 g/mol. The van der Waals surface area contributed by atoms with Crippen molar-refractivity contribution >= 4 is 5.82 Å². The Hall–Kier alpha value is -3.96. The highest BCUT2D eigenvalue weighted by atomic mass is 19.1. The molecule has 4 aromatic rings. The molecule has 35 heavy (non-hydrogen) atoms. The number of halogens is 1. The van der Waals surface area contributed by atoms with Gasteiger partial charge in [0.1, 0.15) is 17.7 Å². The molecule has 7 nitrogen and oxygen atoms in total. The first-order valence-electron chi connectivity index (χ1n) is 11.9. The van der Waals surface area contributed by atoms with Gasteiger partial charge in [0.25, 0.3) is 0 Å². The van der Waals surface area contributed by atoms with Crippen LogP contribution in [0.3, 0.4) is 0 Å². The van der Waals surface area contributed by atoms with Crippen molar-refractivity contribution in [1.82, 2.24) is 19.6 Å². The van der Waals surface area contributed by atoms with Gasteiger partial charge in [0, 0.05) is 43.0 Å². The second-order valence-corrected chi connectivity index (χ2v) is 9.26. The van der Waals surface area contributed by atoms with E-state index >= 15 is 0 Å². The number of aryl methyl sites for hydroxylation is 1. The van der Waals surface area contributed by atoms with Crippen LogP contribution in [0.4, 0.5) is 10.2 Å². The molecule has 0 radical (unpaired) electrons. The fourth-order valence-electron chi connectivity index (χ4n) is 4.79. The molecule has 1 aliphatic rings. The van der Waals surface area contributed by atoms with Gasteiger partial charge in [-0.3, -0.25) is 4.68 Å². The number of nitrogens with zero attached hydrogens (tertiary/aromatic N) is 5. The number of nitrogens with two attached hydrogens (primary N) is 1. The molecule has 0 spiro atoms. The summed E-state index contributed by atoms with van der Waals surface area (Å²) < 4.78 is 18.1. The molecule has 5 rings (SSSR count). The summed E-state index contributed by atoms with van der Waals surface area (Å²) in [5.74, 6) is 0.678. The van der Waals surface area contributed by atoms with Crippen LogP contribution in [0.2, 0.25) is 0 Å². The topological polar surface area (TPSA) is 97.5 Å². The summed E-state index contributed by atoms with van der Waals surface area (Å²) in [7, 11) is 1.88. The zero-order valence-corrected chi connectivity index (χ0v) is 19.7. The first kappa shape index (κ1) is 22.8. The van der Waals surface area contributed by atoms with Crippen LogP contribution in [0.15, 0.2) is 60.9 Å². The Morgan fingerprint density at radius 2 is 2.03 bits per heavy atom. The second kappa shape index (κ2) is 9.72. The van der Waals surface area contributed by atoms with Gasteiger partial charge in [-0.1, -0.05) is 24.6 Å². The number of rotatable bonds is 6. The Kier molecular flexibility index (Phi) is 6.34. The summed E-state index contributed by atoms with van der Waals surface area (Å²) in [5, 5.41) is 21.7. The highest BCUT2D eigenvalue weighted by Crippen LogP contribution is 2.30. The zero-order valence-electron chi connectivity index (χ0n) is 19.7. The van der Waals surface area contributed by atoms with Crippen molar-refractivity contribution in [2.45, 2.75) is 31.7 Å². The van der Waals surface area contributed by atoms with Gasteiger partial charge in [-0.15, -0.1) is 5.10 Å². The van der Waals surface area contributed by atoms with E-state index in [2.05, 4.69) is 10.4 Å². The molecule has 3 N–H and O–H groups in total. The minimum absolute atomic E-state index is 0.0189. The van der Waals surface area contributed by atoms with E-state index in [0.29, 0.717) is 11.5 Å². The van der Waals surface area contributed by atoms with Crippen LogP contribution in [0.25, 0.3) is 28.1 Å². The highest BCUT2D eigenvalue weighted by Gasteiger charge is 2.20. The number of nitrogens with one attached hydrogen (secondary N) is 1. The fraction of sp³-hybridized carbons (Fsp3) is 0.296. The summed E-state index contributed by atoms with van der Waals surface area (Å²) in [4.78, 5) is 0. The summed E-state index contributed by atoms with van der Waals surface area (Å²) >= 11 is 0. The monoisotopic (exact) mass is 469 g/mol. The summed E-state index contributed by atoms with van der Waals surface area (Å²) in [6.07, 6.45) is 8.18. The van der Waals surface area contributed by atoms with Gasteiger partial charge in [-0.05, 0) is 55.0 Å². The Labute approximate surface area is 204 Å². The van der Waals surface area contributed by atoms with Crippen molar-refractivity contribution in [2.75, 3.05) is 11.9 Å². The molecule has 0 bridgehead atoms. The molecule has 1 fully saturated rings. The zero-order chi connectivity index (χ0) is 24.4. The first-order chi connectivity index (χ1) is 17.0. The number of hydrogen-bond acceptors (Lipinski definition) is 5. The molecule has 2 heterocycles. The molecule has 1 aliphatic carbocycles. The summed E-state index contributed by atoms with van der Waals surface area (Å²) in [5.41, 5.74) is 10.4. The smallest absolute Gasteiger partial charge is 0.149 e. The van der Waals surface area contributed by atoms with Crippen molar-refractivity contribution < 1.29 is 4.39 Å². The Morgan fingerprint density at radius 1 is 1.14 bits per heavy atom. The summed E-state index contributed by atoms with van der Waals surface area (Å²) in [6, 6.07) is 16.7. The lowest BCUT2D eigenvalue weighted by molar-refractivity contribution is 0.335. The third-order valence-corrected chi connectivity index (χ3v) is 6.62. The van der Waals surface area contributed by atoms with Gasteiger partial charge < -0.3 is 11.1 Å². The van der Waals surface area contributed by atoms with Gasteiger partial charge in [0.05, 0.1) is 23.1 Å². The molecule has 0 aliphatic heterocycles. The van der Waals surface area contributed by atoms with Crippen molar-refractivity contribution in [3.63, 3.8) is 0 Å². The van der Waals surface area contributed by atoms with Crippen molar-refractivity contribution in [3.8, 4) is 34.1 Å². The molecule has 1 saturated carbocycles. The molecule has 2 atom stereocenters. The van der Waals surface area contributed by atoms with Crippen LogP contribution >= 0.6 is 0 Å². The molecule has 2 aromatic carbocycles. The number of nitriles is 1. The van der Waals surface area contributed by atoms with E-state index in [1.54, 1.807) is 10.7 Å². The van der Waals surface area contributed by atoms with Crippen LogP contribution < -0.4 is 11.1 Å². The van der Waals surface area contributed by atoms with E-state index in [4.69, 9.17) is 16.1 Å². The predicted octanol–water partition coefficient (Wildman–Crippen LogP) is 4.88. The molecule has 2 aromatic heterocycles. The molecule has 8 heteroatoms. The molecule has 0 unspecified atom stereocenters. The van der Waals surface area contributed by atoms with Crippen LogP contribution in [-0.2, 0) is 7.05 Å². The highest BCUT2D eigenvalue weighted by molar-refractivity contribution is 5.69. The van der Waals surface area contributed by atoms with Crippen molar-refractivity contribution in [2.24, 2.45) is 18.7 Å². The van der Waals surface area contributed by atoms with Crippen LogP contribution in [0.1, 0.15) is 31.2 Å². The van der Waals surface area contributed by atoms with Crippen molar-refractivity contribution in [1.29, 1.82) is 5.26 Å². The lowest BCUT2D eigenvalue weighted by Crippen LogP contribution is -2.31. The maximum atomic E-state index is 14.5. The van der Waals surface area contributed by atoms with Gasteiger partial charge in [0.2, 0.25) is 0 Å². The summed E-state index contributed by atoms with van der Waals surface area (Å²) in [6.45, 7) is 0.793. The Balaban J connectivity index is 1.51. The van der Waals surface area contributed by atoms with E-state index in [-0.39, 0.29) is 11.6 Å². The fourth-order valence-corrected chi connectivity index (χ4v) is 4.79. The Morgan fingerprint density at radius 3 is 2.77 bits per heavy atom. The average Bonchev–Trinajstić information content (AvgIpc) is 3.49. The number of hydrogen-bond donors (Lipinski definition) is 2. The standard InChI is InChI=1S/C27H28FN7/c1-34-17-22(16-32-34)19-5-3-7-24(11-19)35-26(20-8-9-21(14-29)25(28)12-20)13-27(33-35)31-15-18-4-2-6-23(30)10-18/h3,5,7-9,11-13,16-18,23H,2,4,6,10,15,30H2,1H3,(H,31,33)/t18-,23-/m0/s1. The van der Waals surface area contributed by atoms with E-state index in [0.717, 1.165) is 60.6 Å². The molecule has 178 valence electrons. The molecule has 0 saturated heterocycles. The maximum Gasteiger partial charge on any atom is 0.149 e. The quantitative estimate of drug-likeness (QED) is 0.419. The van der Waals surface area contributed by atoms with Crippen LogP contribution in [-0.4, -0.2) is 32.1 Å². The SMILES string of the molecule is Cn1cc(-c2cccc(-n3nc(NC[C@H]4CCC[C@H](N)C4)cc3-c3ccc(C#N)c(F)c3)c2)cn1. The van der Waals surface area contributed by atoms with Gasteiger partial charge in [0.15, 0.2) is 0 Å². The second-order valence-electron chi connectivity index (χ2n) is 9.26. The third-order valence-electron chi connectivity index (χ3n) is 6.62. The normalized spacial score (nSPS) is 17.8. The van der Waals surface area contributed by atoms with E-state index < -0.39 is 5.82 Å². The van der Waals surface area contributed by atoms with Crippen LogP contribution in [0.5, 0.6) is 0 Å². The largest absolute Gasteiger partial charge is 0.368 e. The third kappa shape index (κ3) is 4.96.